The quantitative estimate of drug-likeness (QED) is 0.726. The standard InChI is InChI=1S/C20H26ClN5O2/c21-20-23-17-2-1-16(13-25-11-15(12-25)14-3-7-27-8-4-14)22-18(17)19(24-20)26-5-9-28-10-6-26/h1-2,14-15H,3-13H2. The molecule has 3 saturated heterocycles. The maximum atomic E-state index is 6.16. The van der Waals surface area contributed by atoms with Crippen LogP contribution in [0.25, 0.3) is 11.0 Å². The number of rotatable bonds is 4. The van der Waals surface area contributed by atoms with Crippen LogP contribution in [0, 0.1) is 11.8 Å². The fourth-order valence-electron chi connectivity index (χ4n) is 4.55. The van der Waals surface area contributed by atoms with Crippen LogP contribution in [0.1, 0.15) is 18.5 Å². The van der Waals surface area contributed by atoms with E-state index in [0.717, 1.165) is 80.3 Å². The van der Waals surface area contributed by atoms with Gasteiger partial charge in [-0.1, -0.05) is 0 Å². The molecule has 150 valence electrons. The number of pyridine rings is 1. The van der Waals surface area contributed by atoms with E-state index in [4.69, 9.17) is 26.1 Å². The number of likely N-dealkylation sites (tertiary alicyclic amines) is 1. The molecule has 8 heteroatoms. The van der Waals surface area contributed by atoms with Crippen molar-refractivity contribution >= 4 is 28.5 Å². The zero-order chi connectivity index (χ0) is 18.9. The van der Waals surface area contributed by atoms with Crippen LogP contribution < -0.4 is 4.90 Å². The molecule has 0 saturated carbocycles. The molecule has 3 aliphatic rings. The van der Waals surface area contributed by atoms with Crippen LogP contribution in [-0.2, 0) is 16.0 Å². The third-order valence-electron chi connectivity index (χ3n) is 6.17. The molecule has 0 aromatic carbocycles. The minimum absolute atomic E-state index is 0.269. The van der Waals surface area contributed by atoms with E-state index in [0.29, 0.717) is 13.2 Å². The van der Waals surface area contributed by atoms with Crippen molar-refractivity contribution in [3.05, 3.63) is 23.1 Å². The number of halogens is 1. The van der Waals surface area contributed by atoms with Gasteiger partial charge in [0.1, 0.15) is 5.52 Å². The van der Waals surface area contributed by atoms with Crippen molar-refractivity contribution < 1.29 is 9.47 Å². The van der Waals surface area contributed by atoms with Crippen molar-refractivity contribution in [2.24, 2.45) is 11.8 Å². The van der Waals surface area contributed by atoms with E-state index >= 15 is 0 Å². The van der Waals surface area contributed by atoms with Crippen molar-refractivity contribution in [2.75, 3.05) is 57.5 Å². The Bertz CT molecular complexity index is 833. The number of hydrogen-bond acceptors (Lipinski definition) is 7. The fourth-order valence-corrected chi connectivity index (χ4v) is 4.72. The van der Waals surface area contributed by atoms with Gasteiger partial charge in [-0.15, -0.1) is 0 Å². The first-order valence-corrected chi connectivity index (χ1v) is 10.6. The minimum Gasteiger partial charge on any atom is -0.381 e. The summed E-state index contributed by atoms with van der Waals surface area (Å²) in [5.74, 6) is 2.47. The van der Waals surface area contributed by atoms with E-state index in [-0.39, 0.29) is 5.28 Å². The van der Waals surface area contributed by atoms with Crippen LogP contribution in [0.2, 0.25) is 5.28 Å². The summed E-state index contributed by atoms with van der Waals surface area (Å²) >= 11 is 6.16. The molecule has 0 unspecified atom stereocenters. The zero-order valence-corrected chi connectivity index (χ0v) is 16.8. The summed E-state index contributed by atoms with van der Waals surface area (Å²) in [6.45, 7) is 8.06. The van der Waals surface area contributed by atoms with E-state index in [1.54, 1.807) is 0 Å². The molecular weight excluding hydrogens is 378 g/mol. The number of aromatic nitrogens is 3. The molecule has 5 heterocycles. The maximum absolute atomic E-state index is 6.16. The molecule has 3 aliphatic heterocycles. The van der Waals surface area contributed by atoms with Gasteiger partial charge in [-0.2, -0.15) is 4.98 Å². The Morgan fingerprint density at radius 3 is 2.46 bits per heavy atom. The van der Waals surface area contributed by atoms with Crippen LogP contribution >= 0.6 is 11.6 Å². The smallest absolute Gasteiger partial charge is 0.225 e. The zero-order valence-electron chi connectivity index (χ0n) is 16.0. The molecule has 7 nitrogen and oxygen atoms in total. The first kappa shape index (κ1) is 18.5. The van der Waals surface area contributed by atoms with Gasteiger partial charge in [-0.25, -0.2) is 9.97 Å². The van der Waals surface area contributed by atoms with Crippen molar-refractivity contribution in [3.8, 4) is 0 Å². The minimum atomic E-state index is 0.269. The topological polar surface area (TPSA) is 63.6 Å². The summed E-state index contributed by atoms with van der Waals surface area (Å²) in [6.07, 6.45) is 2.43. The lowest BCUT2D eigenvalue weighted by Crippen LogP contribution is -2.50. The second-order valence-corrected chi connectivity index (χ2v) is 8.33. The highest BCUT2D eigenvalue weighted by atomic mass is 35.5. The molecule has 0 atom stereocenters. The normalized spacial score (nSPS) is 22.5. The van der Waals surface area contributed by atoms with Gasteiger partial charge < -0.3 is 14.4 Å². The molecular formula is C20H26ClN5O2. The van der Waals surface area contributed by atoms with E-state index in [1.807, 2.05) is 6.07 Å². The highest BCUT2D eigenvalue weighted by Crippen LogP contribution is 2.32. The highest BCUT2D eigenvalue weighted by molar-refractivity contribution is 6.28. The lowest BCUT2D eigenvalue weighted by atomic mass is 9.81. The van der Waals surface area contributed by atoms with Gasteiger partial charge >= 0.3 is 0 Å². The van der Waals surface area contributed by atoms with Crippen LogP contribution in [0.15, 0.2) is 12.1 Å². The van der Waals surface area contributed by atoms with Crippen molar-refractivity contribution in [1.82, 2.24) is 19.9 Å². The second-order valence-electron chi connectivity index (χ2n) is 7.99. The number of ether oxygens (including phenoxy) is 2. The molecule has 0 N–H and O–H groups in total. The second kappa shape index (κ2) is 8.06. The molecule has 2 aromatic rings. The van der Waals surface area contributed by atoms with Gasteiger partial charge in [0.15, 0.2) is 5.82 Å². The predicted octanol–water partition coefficient (Wildman–Crippen LogP) is 2.37. The van der Waals surface area contributed by atoms with Crippen molar-refractivity contribution in [2.45, 2.75) is 19.4 Å². The molecule has 0 bridgehead atoms. The van der Waals surface area contributed by atoms with Gasteiger partial charge in [0.05, 0.1) is 24.4 Å². The molecule has 0 amide bonds. The molecule has 5 rings (SSSR count). The van der Waals surface area contributed by atoms with E-state index in [9.17, 15) is 0 Å². The Morgan fingerprint density at radius 2 is 1.68 bits per heavy atom. The van der Waals surface area contributed by atoms with Crippen LogP contribution in [0.3, 0.4) is 0 Å². The molecule has 2 aromatic heterocycles. The molecule has 3 fully saturated rings. The highest BCUT2D eigenvalue weighted by Gasteiger charge is 2.34. The summed E-state index contributed by atoms with van der Waals surface area (Å²) in [5.41, 5.74) is 2.71. The van der Waals surface area contributed by atoms with Gasteiger partial charge in [0.2, 0.25) is 5.28 Å². The van der Waals surface area contributed by atoms with Crippen LogP contribution in [0.4, 0.5) is 5.82 Å². The number of anilines is 1. The lowest BCUT2D eigenvalue weighted by Gasteiger charge is -2.44. The first-order valence-electron chi connectivity index (χ1n) is 10.2. The Kier molecular flexibility index (Phi) is 5.32. The van der Waals surface area contributed by atoms with Gasteiger partial charge in [-0.3, -0.25) is 4.90 Å². The monoisotopic (exact) mass is 403 g/mol. The fraction of sp³-hybridized carbons (Fsp3) is 0.650. The largest absolute Gasteiger partial charge is 0.381 e. The van der Waals surface area contributed by atoms with Gasteiger partial charge in [0, 0.05) is 45.9 Å². The molecule has 28 heavy (non-hydrogen) atoms. The molecule has 0 spiro atoms. The van der Waals surface area contributed by atoms with Crippen molar-refractivity contribution in [3.63, 3.8) is 0 Å². The summed E-state index contributed by atoms with van der Waals surface area (Å²) in [6, 6.07) is 4.08. The summed E-state index contributed by atoms with van der Waals surface area (Å²) in [7, 11) is 0. The van der Waals surface area contributed by atoms with Crippen LogP contribution in [-0.4, -0.2) is 72.5 Å². The average Bonchev–Trinajstić information content (AvgIpc) is 2.71. The number of morpholine rings is 1. The van der Waals surface area contributed by atoms with Crippen molar-refractivity contribution in [1.29, 1.82) is 0 Å². The van der Waals surface area contributed by atoms with E-state index < -0.39 is 0 Å². The Balaban J connectivity index is 1.31. The first-order chi connectivity index (χ1) is 13.8. The third-order valence-corrected chi connectivity index (χ3v) is 6.34. The summed E-state index contributed by atoms with van der Waals surface area (Å²) in [4.78, 5) is 18.5. The SMILES string of the molecule is Clc1nc(N2CCOCC2)c2nc(CN3CC(C4CCOCC4)C3)ccc2n1. The summed E-state index contributed by atoms with van der Waals surface area (Å²) < 4.78 is 11.0. The molecule has 0 aliphatic carbocycles. The summed E-state index contributed by atoms with van der Waals surface area (Å²) in [5, 5.41) is 0.269. The lowest BCUT2D eigenvalue weighted by molar-refractivity contribution is -0.0108. The van der Waals surface area contributed by atoms with E-state index in [2.05, 4.69) is 25.8 Å². The molecule has 0 radical (unpaired) electrons. The van der Waals surface area contributed by atoms with Gasteiger partial charge in [-0.05, 0) is 48.4 Å². The van der Waals surface area contributed by atoms with Crippen LogP contribution in [0.5, 0.6) is 0 Å². The number of hydrogen-bond donors (Lipinski definition) is 0. The Labute approximate surface area is 170 Å². The maximum Gasteiger partial charge on any atom is 0.225 e. The predicted molar refractivity (Wildman–Crippen MR) is 108 cm³/mol. The average molecular weight is 404 g/mol. The van der Waals surface area contributed by atoms with Gasteiger partial charge in [0.25, 0.3) is 0 Å². The number of nitrogens with zero attached hydrogens (tertiary/aromatic N) is 5. The third kappa shape index (κ3) is 3.81. The Hall–Kier alpha value is -1.54. The Morgan fingerprint density at radius 1 is 0.929 bits per heavy atom. The van der Waals surface area contributed by atoms with E-state index in [1.165, 1.54) is 12.8 Å². The number of fused-ring (bicyclic) bond motifs is 1.